The molecule has 4 heteroatoms. The summed E-state index contributed by atoms with van der Waals surface area (Å²) in [5.41, 5.74) is -0.159. The molecule has 1 amide bonds. The summed E-state index contributed by atoms with van der Waals surface area (Å²) in [5, 5.41) is 3.38. The van der Waals surface area contributed by atoms with Crippen molar-refractivity contribution in [3.05, 3.63) is 0 Å². The third-order valence-corrected chi connectivity index (χ3v) is 5.02. The van der Waals surface area contributed by atoms with Crippen LogP contribution in [-0.2, 0) is 9.53 Å². The lowest BCUT2D eigenvalue weighted by Crippen LogP contribution is -2.50. The molecular weight excluding hydrogens is 240 g/mol. The molecule has 0 aromatic rings. The van der Waals surface area contributed by atoms with Crippen molar-refractivity contribution in [3.63, 3.8) is 0 Å². The molecule has 2 saturated heterocycles. The van der Waals surface area contributed by atoms with Crippen molar-refractivity contribution in [1.82, 2.24) is 10.2 Å². The lowest BCUT2D eigenvalue weighted by atomic mass is 9.74. The quantitative estimate of drug-likeness (QED) is 0.840. The maximum Gasteiger partial charge on any atom is 0.230 e. The number of carbonyl (C=O) groups is 1. The van der Waals surface area contributed by atoms with Crippen LogP contribution in [0.25, 0.3) is 0 Å². The normalized spacial score (nSPS) is 29.2. The Morgan fingerprint density at radius 1 is 1.42 bits per heavy atom. The van der Waals surface area contributed by atoms with E-state index >= 15 is 0 Å². The predicted molar refractivity (Wildman–Crippen MR) is 75.9 cm³/mol. The fraction of sp³-hybridized carbons (Fsp3) is 0.933. The second-order valence-corrected chi connectivity index (χ2v) is 6.43. The summed E-state index contributed by atoms with van der Waals surface area (Å²) in [5.74, 6) is 1.42. The molecule has 1 unspecified atom stereocenters. The van der Waals surface area contributed by atoms with Crippen LogP contribution >= 0.6 is 0 Å². The number of nitrogens with one attached hydrogen (secondary N) is 1. The molecule has 0 aliphatic carbocycles. The van der Waals surface area contributed by atoms with Crippen LogP contribution < -0.4 is 5.32 Å². The summed E-state index contributed by atoms with van der Waals surface area (Å²) in [6.07, 6.45) is 3.16. The van der Waals surface area contributed by atoms with Crippen LogP contribution in [0, 0.1) is 17.3 Å². The van der Waals surface area contributed by atoms with E-state index in [4.69, 9.17) is 4.74 Å². The van der Waals surface area contributed by atoms with Crippen LogP contribution in [-0.4, -0.2) is 50.7 Å². The Labute approximate surface area is 116 Å². The summed E-state index contributed by atoms with van der Waals surface area (Å²) in [7, 11) is 1.76. The predicted octanol–water partition coefficient (Wildman–Crippen LogP) is 1.51. The van der Waals surface area contributed by atoms with Crippen molar-refractivity contribution in [3.8, 4) is 0 Å². The molecule has 2 fully saturated rings. The van der Waals surface area contributed by atoms with Crippen molar-refractivity contribution in [2.24, 2.45) is 17.3 Å². The minimum Gasteiger partial charge on any atom is -0.384 e. The Balaban J connectivity index is 1.96. The van der Waals surface area contributed by atoms with Crippen molar-refractivity contribution in [2.45, 2.75) is 33.1 Å². The number of hydrogen-bond acceptors (Lipinski definition) is 3. The molecule has 19 heavy (non-hydrogen) atoms. The fourth-order valence-electron chi connectivity index (χ4n) is 3.49. The van der Waals surface area contributed by atoms with E-state index in [1.54, 1.807) is 7.11 Å². The summed E-state index contributed by atoms with van der Waals surface area (Å²) < 4.78 is 5.22. The van der Waals surface area contributed by atoms with E-state index in [1.807, 2.05) is 0 Å². The van der Waals surface area contributed by atoms with E-state index in [2.05, 4.69) is 24.1 Å². The highest BCUT2D eigenvalue weighted by atomic mass is 16.5. The van der Waals surface area contributed by atoms with Gasteiger partial charge in [0.25, 0.3) is 0 Å². The number of hydrogen-bond donors (Lipinski definition) is 1. The molecule has 2 rings (SSSR count). The number of carbonyl (C=O) groups excluding carboxylic acids is 1. The van der Waals surface area contributed by atoms with Crippen LogP contribution in [0.5, 0.6) is 0 Å². The number of ether oxygens (including phenoxy) is 1. The SMILES string of the molecule is COCC1CCN(C(=O)C2(C(C)C)CCNC2)CC1. The molecule has 0 radical (unpaired) electrons. The minimum atomic E-state index is -0.159. The lowest BCUT2D eigenvalue weighted by Gasteiger charge is -2.40. The highest BCUT2D eigenvalue weighted by Gasteiger charge is 2.46. The summed E-state index contributed by atoms with van der Waals surface area (Å²) in [6, 6.07) is 0. The summed E-state index contributed by atoms with van der Waals surface area (Å²) >= 11 is 0. The monoisotopic (exact) mass is 268 g/mol. The number of likely N-dealkylation sites (tertiary alicyclic amines) is 1. The molecule has 4 nitrogen and oxygen atoms in total. The van der Waals surface area contributed by atoms with Gasteiger partial charge >= 0.3 is 0 Å². The Kier molecular flexibility index (Phi) is 4.85. The topological polar surface area (TPSA) is 41.6 Å². The van der Waals surface area contributed by atoms with E-state index in [-0.39, 0.29) is 5.41 Å². The van der Waals surface area contributed by atoms with Gasteiger partial charge in [0.1, 0.15) is 0 Å². The average Bonchev–Trinajstić information content (AvgIpc) is 2.90. The van der Waals surface area contributed by atoms with Gasteiger partial charge in [0, 0.05) is 33.4 Å². The molecule has 0 aromatic heterocycles. The van der Waals surface area contributed by atoms with Crippen LogP contribution in [0.3, 0.4) is 0 Å². The Morgan fingerprint density at radius 2 is 2.11 bits per heavy atom. The van der Waals surface area contributed by atoms with E-state index in [0.717, 1.165) is 52.0 Å². The number of rotatable bonds is 4. The molecule has 2 aliphatic heterocycles. The number of piperidine rings is 1. The highest BCUT2D eigenvalue weighted by molar-refractivity contribution is 5.83. The fourth-order valence-corrected chi connectivity index (χ4v) is 3.49. The van der Waals surface area contributed by atoms with Gasteiger partial charge in [-0.2, -0.15) is 0 Å². The standard InChI is InChI=1S/C15H28N2O2/c1-12(2)15(6-7-16-11-15)14(18)17-8-4-13(5-9-17)10-19-3/h12-13,16H,4-11H2,1-3H3. The zero-order valence-corrected chi connectivity index (χ0v) is 12.6. The molecule has 0 aromatic carbocycles. The summed E-state index contributed by atoms with van der Waals surface area (Å²) in [4.78, 5) is 15.0. The van der Waals surface area contributed by atoms with E-state index in [0.29, 0.717) is 17.7 Å². The maximum atomic E-state index is 12.9. The molecule has 1 atom stereocenters. The first-order chi connectivity index (χ1) is 9.10. The van der Waals surface area contributed by atoms with Gasteiger partial charge in [-0.25, -0.2) is 0 Å². The number of nitrogens with zero attached hydrogens (tertiary/aromatic N) is 1. The van der Waals surface area contributed by atoms with Gasteiger partial charge in [0.2, 0.25) is 5.91 Å². The van der Waals surface area contributed by atoms with Gasteiger partial charge in [-0.05, 0) is 37.6 Å². The number of amides is 1. The molecule has 2 heterocycles. The zero-order valence-electron chi connectivity index (χ0n) is 12.6. The second-order valence-electron chi connectivity index (χ2n) is 6.43. The molecule has 0 spiro atoms. The third-order valence-electron chi connectivity index (χ3n) is 5.02. The maximum absolute atomic E-state index is 12.9. The van der Waals surface area contributed by atoms with Crippen molar-refractivity contribution >= 4 is 5.91 Å². The first-order valence-corrected chi connectivity index (χ1v) is 7.59. The largest absolute Gasteiger partial charge is 0.384 e. The van der Waals surface area contributed by atoms with Gasteiger partial charge < -0.3 is 15.0 Å². The molecule has 2 aliphatic rings. The molecule has 1 N–H and O–H groups in total. The smallest absolute Gasteiger partial charge is 0.230 e. The Hall–Kier alpha value is -0.610. The van der Waals surface area contributed by atoms with Crippen LogP contribution in [0.1, 0.15) is 33.1 Å². The molecule has 0 bridgehead atoms. The molecule has 110 valence electrons. The van der Waals surface area contributed by atoms with Gasteiger partial charge in [-0.1, -0.05) is 13.8 Å². The van der Waals surface area contributed by atoms with Gasteiger partial charge in [-0.15, -0.1) is 0 Å². The van der Waals surface area contributed by atoms with Crippen molar-refractivity contribution in [1.29, 1.82) is 0 Å². The summed E-state index contributed by atoms with van der Waals surface area (Å²) in [6.45, 7) is 8.83. The van der Waals surface area contributed by atoms with E-state index in [1.165, 1.54) is 0 Å². The first kappa shape index (κ1) is 14.8. The van der Waals surface area contributed by atoms with E-state index in [9.17, 15) is 4.79 Å². The third kappa shape index (κ3) is 2.95. The highest BCUT2D eigenvalue weighted by Crippen LogP contribution is 2.37. The first-order valence-electron chi connectivity index (χ1n) is 7.59. The van der Waals surface area contributed by atoms with Crippen LogP contribution in [0.4, 0.5) is 0 Å². The molecule has 0 saturated carbocycles. The van der Waals surface area contributed by atoms with E-state index < -0.39 is 0 Å². The van der Waals surface area contributed by atoms with Gasteiger partial charge in [0.15, 0.2) is 0 Å². The average molecular weight is 268 g/mol. The lowest BCUT2D eigenvalue weighted by molar-refractivity contribution is -0.145. The Morgan fingerprint density at radius 3 is 2.58 bits per heavy atom. The Bertz CT molecular complexity index is 303. The van der Waals surface area contributed by atoms with Crippen LogP contribution in [0.2, 0.25) is 0 Å². The van der Waals surface area contributed by atoms with Crippen molar-refractivity contribution in [2.75, 3.05) is 39.9 Å². The minimum absolute atomic E-state index is 0.159. The van der Waals surface area contributed by atoms with Gasteiger partial charge in [0.05, 0.1) is 5.41 Å². The van der Waals surface area contributed by atoms with Gasteiger partial charge in [-0.3, -0.25) is 4.79 Å². The zero-order chi connectivity index (χ0) is 13.9. The second kappa shape index (κ2) is 6.23. The number of methoxy groups -OCH3 is 1. The van der Waals surface area contributed by atoms with Crippen molar-refractivity contribution < 1.29 is 9.53 Å². The molecular formula is C15H28N2O2. The van der Waals surface area contributed by atoms with Crippen LogP contribution in [0.15, 0.2) is 0 Å².